The smallest absolute Gasteiger partial charge is 0.241 e. The summed E-state index contributed by atoms with van der Waals surface area (Å²) >= 11 is 1.83. The number of anilines is 1. The van der Waals surface area contributed by atoms with Crippen LogP contribution in [0.5, 0.6) is 0 Å². The summed E-state index contributed by atoms with van der Waals surface area (Å²) in [7, 11) is 2.04. The van der Waals surface area contributed by atoms with Gasteiger partial charge in [-0.3, -0.25) is 9.69 Å². The van der Waals surface area contributed by atoms with Gasteiger partial charge in [-0.1, -0.05) is 12.1 Å². The minimum Gasteiger partial charge on any atom is -0.314 e. The Bertz CT molecular complexity index is 476. The lowest BCUT2D eigenvalue weighted by molar-refractivity contribution is -0.120. The molecule has 0 aromatic heterocycles. The molecule has 5 heteroatoms. The van der Waals surface area contributed by atoms with E-state index >= 15 is 0 Å². The predicted molar refractivity (Wildman–Crippen MR) is 78.8 cm³/mol. The van der Waals surface area contributed by atoms with Crippen LogP contribution in [-0.4, -0.2) is 55.8 Å². The van der Waals surface area contributed by atoms with Gasteiger partial charge in [0.05, 0.1) is 12.2 Å². The number of hydrogen-bond donors (Lipinski definition) is 1. The summed E-state index contributed by atoms with van der Waals surface area (Å²) in [6.07, 6.45) is 0. The van der Waals surface area contributed by atoms with Crippen LogP contribution >= 0.6 is 11.8 Å². The molecule has 0 radical (unpaired) electrons. The number of thioether (sulfide) groups is 1. The van der Waals surface area contributed by atoms with Crippen LogP contribution in [0.1, 0.15) is 0 Å². The van der Waals surface area contributed by atoms with E-state index in [0.29, 0.717) is 12.6 Å². The molecule has 0 unspecified atom stereocenters. The molecule has 0 saturated carbocycles. The van der Waals surface area contributed by atoms with Crippen molar-refractivity contribution in [1.82, 2.24) is 10.2 Å². The Morgan fingerprint density at radius 2 is 2.26 bits per heavy atom. The summed E-state index contributed by atoms with van der Waals surface area (Å²) in [6.45, 7) is 3.31. The van der Waals surface area contributed by atoms with Crippen LogP contribution in [0.25, 0.3) is 0 Å². The van der Waals surface area contributed by atoms with Crippen LogP contribution < -0.4 is 10.2 Å². The SMILES string of the molecule is CN(CC(=O)N1CCSc2ccccc21)C1CNC1. The molecule has 1 aromatic carbocycles. The highest BCUT2D eigenvalue weighted by Gasteiger charge is 2.27. The fourth-order valence-corrected chi connectivity index (χ4v) is 3.44. The monoisotopic (exact) mass is 277 g/mol. The van der Waals surface area contributed by atoms with E-state index in [4.69, 9.17) is 0 Å². The number of rotatable bonds is 3. The second-order valence-corrected chi connectivity index (χ2v) is 6.23. The normalized spacial score (nSPS) is 19.2. The summed E-state index contributed by atoms with van der Waals surface area (Å²) in [5.41, 5.74) is 1.07. The molecular formula is C14H19N3OS. The van der Waals surface area contributed by atoms with Gasteiger partial charge in [0, 0.05) is 36.3 Å². The number of amides is 1. The van der Waals surface area contributed by atoms with Crippen molar-refractivity contribution < 1.29 is 4.79 Å². The molecule has 0 bridgehead atoms. The molecule has 0 spiro atoms. The highest BCUT2D eigenvalue weighted by Crippen LogP contribution is 2.34. The van der Waals surface area contributed by atoms with Crippen LogP contribution in [0.3, 0.4) is 0 Å². The Kier molecular flexibility index (Phi) is 3.77. The summed E-state index contributed by atoms with van der Waals surface area (Å²) in [6, 6.07) is 8.69. The molecule has 1 aromatic rings. The first-order valence-electron chi connectivity index (χ1n) is 6.69. The van der Waals surface area contributed by atoms with Gasteiger partial charge < -0.3 is 10.2 Å². The third kappa shape index (κ3) is 2.63. The van der Waals surface area contributed by atoms with Gasteiger partial charge in [-0.05, 0) is 19.2 Å². The van der Waals surface area contributed by atoms with Crippen molar-refractivity contribution in [1.29, 1.82) is 0 Å². The van der Waals surface area contributed by atoms with Crippen molar-refractivity contribution in [2.45, 2.75) is 10.9 Å². The van der Waals surface area contributed by atoms with Crippen molar-refractivity contribution in [3.63, 3.8) is 0 Å². The highest BCUT2D eigenvalue weighted by atomic mass is 32.2. The molecule has 19 heavy (non-hydrogen) atoms. The van der Waals surface area contributed by atoms with Crippen molar-refractivity contribution in [2.24, 2.45) is 0 Å². The number of fused-ring (bicyclic) bond motifs is 1. The van der Waals surface area contributed by atoms with Gasteiger partial charge in [0.25, 0.3) is 0 Å². The number of nitrogens with zero attached hydrogens (tertiary/aromatic N) is 2. The van der Waals surface area contributed by atoms with E-state index in [0.717, 1.165) is 31.1 Å². The minimum atomic E-state index is 0.210. The van der Waals surface area contributed by atoms with E-state index in [1.165, 1.54) is 4.90 Å². The molecule has 0 atom stereocenters. The fraction of sp³-hybridized carbons (Fsp3) is 0.500. The van der Waals surface area contributed by atoms with Crippen LogP contribution in [0, 0.1) is 0 Å². The van der Waals surface area contributed by atoms with E-state index in [2.05, 4.69) is 16.3 Å². The van der Waals surface area contributed by atoms with Crippen LogP contribution in [-0.2, 0) is 4.79 Å². The first-order chi connectivity index (χ1) is 9.25. The molecule has 1 amide bonds. The van der Waals surface area contributed by atoms with Crippen molar-refractivity contribution >= 4 is 23.4 Å². The molecular weight excluding hydrogens is 258 g/mol. The fourth-order valence-electron chi connectivity index (χ4n) is 2.44. The number of carbonyl (C=O) groups excluding carboxylic acids is 1. The van der Waals surface area contributed by atoms with E-state index in [1.54, 1.807) is 0 Å². The number of nitrogens with one attached hydrogen (secondary N) is 1. The lowest BCUT2D eigenvalue weighted by atomic mass is 10.1. The summed E-state index contributed by atoms with van der Waals surface area (Å²) in [5.74, 6) is 1.19. The molecule has 2 heterocycles. The molecule has 1 fully saturated rings. The molecule has 102 valence electrons. The van der Waals surface area contributed by atoms with Gasteiger partial charge in [-0.25, -0.2) is 0 Å². The quantitative estimate of drug-likeness (QED) is 0.895. The minimum absolute atomic E-state index is 0.210. The molecule has 4 nitrogen and oxygen atoms in total. The highest BCUT2D eigenvalue weighted by molar-refractivity contribution is 7.99. The molecule has 2 aliphatic heterocycles. The largest absolute Gasteiger partial charge is 0.314 e. The second-order valence-electron chi connectivity index (χ2n) is 5.09. The van der Waals surface area contributed by atoms with Crippen LogP contribution in [0.15, 0.2) is 29.2 Å². The van der Waals surface area contributed by atoms with E-state index < -0.39 is 0 Å². The third-order valence-electron chi connectivity index (χ3n) is 3.80. The predicted octanol–water partition coefficient (Wildman–Crippen LogP) is 1.03. The molecule has 1 saturated heterocycles. The lowest BCUT2D eigenvalue weighted by Gasteiger charge is -2.37. The van der Waals surface area contributed by atoms with Crippen LogP contribution in [0.2, 0.25) is 0 Å². The van der Waals surface area contributed by atoms with Gasteiger partial charge in [-0.2, -0.15) is 0 Å². The molecule has 3 rings (SSSR count). The number of carbonyl (C=O) groups is 1. The molecule has 0 aliphatic carbocycles. The number of likely N-dealkylation sites (N-methyl/N-ethyl adjacent to an activating group) is 1. The Hall–Kier alpha value is -1.04. The first kappa shape index (κ1) is 13.0. The molecule has 1 N–H and O–H groups in total. The van der Waals surface area contributed by atoms with Crippen molar-refractivity contribution in [3.05, 3.63) is 24.3 Å². The Labute approximate surface area is 118 Å². The maximum atomic E-state index is 12.5. The summed E-state index contributed by atoms with van der Waals surface area (Å²) in [4.78, 5) is 17.8. The average Bonchev–Trinajstić information content (AvgIpc) is 2.35. The van der Waals surface area contributed by atoms with E-state index in [-0.39, 0.29) is 5.91 Å². The molecule has 2 aliphatic rings. The summed E-state index contributed by atoms with van der Waals surface area (Å²) < 4.78 is 0. The van der Waals surface area contributed by atoms with Crippen molar-refractivity contribution in [3.8, 4) is 0 Å². The average molecular weight is 277 g/mol. The first-order valence-corrected chi connectivity index (χ1v) is 7.67. The Balaban J connectivity index is 1.70. The van der Waals surface area contributed by atoms with E-state index in [1.807, 2.05) is 41.9 Å². The van der Waals surface area contributed by atoms with Gasteiger partial charge in [0.2, 0.25) is 5.91 Å². The maximum absolute atomic E-state index is 12.5. The number of para-hydroxylation sites is 1. The standard InChI is InChI=1S/C14H19N3OS/c1-16(11-8-15-9-11)10-14(18)17-6-7-19-13-5-3-2-4-12(13)17/h2-5,11,15H,6-10H2,1H3. The third-order valence-corrected chi connectivity index (χ3v) is 4.84. The topological polar surface area (TPSA) is 35.6 Å². The summed E-state index contributed by atoms with van der Waals surface area (Å²) in [5, 5.41) is 3.24. The van der Waals surface area contributed by atoms with E-state index in [9.17, 15) is 4.79 Å². The lowest BCUT2D eigenvalue weighted by Crippen LogP contribution is -2.58. The Morgan fingerprint density at radius 3 is 3.00 bits per heavy atom. The maximum Gasteiger partial charge on any atom is 0.241 e. The second kappa shape index (κ2) is 5.53. The number of hydrogen-bond acceptors (Lipinski definition) is 4. The zero-order valence-electron chi connectivity index (χ0n) is 11.1. The zero-order chi connectivity index (χ0) is 13.2. The van der Waals surface area contributed by atoms with Crippen molar-refractivity contribution in [2.75, 3.05) is 43.9 Å². The van der Waals surface area contributed by atoms with Crippen LogP contribution in [0.4, 0.5) is 5.69 Å². The van der Waals surface area contributed by atoms with Gasteiger partial charge >= 0.3 is 0 Å². The van der Waals surface area contributed by atoms with Gasteiger partial charge in [-0.15, -0.1) is 11.8 Å². The van der Waals surface area contributed by atoms with Gasteiger partial charge in [0.15, 0.2) is 0 Å². The zero-order valence-corrected chi connectivity index (χ0v) is 11.9. The van der Waals surface area contributed by atoms with Gasteiger partial charge in [0.1, 0.15) is 0 Å². The number of benzene rings is 1. The Morgan fingerprint density at radius 1 is 1.47 bits per heavy atom.